The molecule has 0 amide bonds. The number of carbonyl (C=O) groups is 1. The third-order valence-corrected chi connectivity index (χ3v) is 4.50. The lowest BCUT2D eigenvalue weighted by molar-refractivity contribution is 0.0429. The normalized spacial score (nSPS) is 11.1. The van der Waals surface area contributed by atoms with Gasteiger partial charge in [-0.2, -0.15) is 10.1 Å². The highest BCUT2D eigenvalue weighted by Crippen LogP contribution is 2.22. The molecule has 4 aromatic rings. The lowest BCUT2D eigenvalue weighted by Crippen LogP contribution is -2.06. The fourth-order valence-electron chi connectivity index (χ4n) is 2.45. The van der Waals surface area contributed by atoms with E-state index in [0.717, 1.165) is 16.0 Å². The van der Waals surface area contributed by atoms with Gasteiger partial charge in [-0.15, -0.1) is 11.3 Å². The highest BCUT2D eigenvalue weighted by molar-refractivity contribution is 7.13. The van der Waals surface area contributed by atoms with Crippen LogP contribution >= 0.6 is 11.3 Å². The molecule has 4 aromatic heterocycles. The van der Waals surface area contributed by atoms with E-state index < -0.39 is 5.97 Å². The van der Waals surface area contributed by atoms with Crippen LogP contribution in [0.3, 0.4) is 0 Å². The molecule has 0 aliphatic carbocycles. The third kappa shape index (κ3) is 2.89. The average Bonchev–Trinajstić information content (AvgIpc) is 3.34. The molecule has 0 aliphatic rings. The van der Waals surface area contributed by atoms with Crippen LogP contribution in [0.4, 0.5) is 0 Å². The summed E-state index contributed by atoms with van der Waals surface area (Å²) in [4.78, 5) is 21.6. The number of esters is 1. The van der Waals surface area contributed by atoms with E-state index in [1.54, 1.807) is 17.8 Å². The second-order valence-corrected chi connectivity index (χ2v) is 6.32. The second kappa shape index (κ2) is 6.10. The van der Waals surface area contributed by atoms with Gasteiger partial charge in [0.1, 0.15) is 0 Å². The Kier molecular flexibility index (Phi) is 3.77. The van der Waals surface area contributed by atoms with Gasteiger partial charge in [-0.05, 0) is 24.4 Å². The van der Waals surface area contributed by atoms with Gasteiger partial charge >= 0.3 is 5.97 Å². The van der Waals surface area contributed by atoms with Crippen LogP contribution in [0.5, 0.6) is 0 Å². The number of rotatable bonds is 4. The molecule has 25 heavy (non-hydrogen) atoms. The molecule has 0 radical (unpaired) electrons. The molecular formula is C16H13N5O3S. The highest BCUT2D eigenvalue weighted by atomic mass is 32.1. The van der Waals surface area contributed by atoms with Gasteiger partial charge in [0, 0.05) is 18.6 Å². The minimum Gasteiger partial charge on any atom is -0.452 e. The predicted octanol–water partition coefficient (Wildman–Crippen LogP) is 2.75. The van der Waals surface area contributed by atoms with E-state index >= 15 is 0 Å². The van der Waals surface area contributed by atoms with Crippen molar-refractivity contribution in [3.8, 4) is 10.7 Å². The molecule has 0 unspecified atom stereocenters. The fraction of sp³-hybridized carbons (Fsp3) is 0.188. The average molecular weight is 355 g/mol. The van der Waals surface area contributed by atoms with E-state index in [0.29, 0.717) is 17.0 Å². The van der Waals surface area contributed by atoms with Crippen LogP contribution in [-0.2, 0) is 18.4 Å². The molecule has 0 atom stereocenters. The molecule has 0 fully saturated rings. The van der Waals surface area contributed by atoms with Crippen LogP contribution in [0.2, 0.25) is 0 Å². The smallest absolute Gasteiger partial charge is 0.340 e. The Balaban J connectivity index is 1.48. The summed E-state index contributed by atoms with van der Waals surface area (Å²) in [6.45, 7) is 1.77. The first-order valence-electron chi connectivity index (χ1n) is 7.45. The first kappa shape index (κ1) is 15.5. The van der Waals surface area contributed by atoms with E-state index in [1.807, 2.05) is 24.4 Å². The van der Waals surface area contributed by atoms with Gasteiger partial charge in [-0.3, -0.25) is 4.68 Å². The Morgan fingerprint density at radius 2 is 2.32 bits per heavy atom. The molecule has 8 nitrogen and oxygen atoms in total. The molecule has 4 rings (SSSR count). The first-order chi connectivity index (χ1) is 12.1. The zero-order chi connectivity index (χ0) is 17.4. The molecule has 9 heteroatoms. The van der Waals surface area contributed by atoms with Crippen molar-refractivity contribution >= 4 is 28.3 Å². The van der Waals surface area contributed by atoms with Crippen molar-refractivity contribution in [2.45, 2.75) is 13.5 Å². The maximum Gasteiger partial charge on any atom is 0.340 e. The van der Waals surface area contributed by atoms with Gasteiger partial charge in [-0.25, -0.2) is 9.78 Å². The van der Waals surface area contributed by atoms with Crippen LogP contribution in [0.1, 0.15) is 21.9 Å². The number of aryl methyl sites for hydroxylation is 2. The van der Waals surface area contributed by atoms with Crippen LogP contribution in [-0.4, -0.2) is 30.9 Å². The molecule has 126 valence electrons. The van der Waals surface area contributed by atoms with Gasteiger partial charge in [0.25, 0.3) is 5.89 Å². The summed E-state index contributed by atoms with van der Waals surface area (Å²) < 4.78 is 12.0. The minimum absolute atomic E-state index is 0.0960. The lowest BCUT2D eigenvalue weighted by Gasteiger charge is -2.02. The number of ether oxygens (including phenoxy) is 1. The number of nitrogens with zero attached hydrogens (tertiary/aromatic N) is 5. The van der Waals surface area contributed by atoms with E-state index in [2.05, 4.69) is 20.2 Å². The Bertz CT molecular complexity index is 1050. The molecule has 0 aliphatic heterocycles. The van der Waals surface area contributed by atoms with Gasteiger partial charge in [0.05, 0.1) is 16.1 Å². The van der Waals surface area contributed by atoms with Crippen molar-refractivity contribution in [3.05, 3.63) is 46.9 Å². The van der Waals surface area contributed by atoms with Crippen molar-refractivity contribution < 1.29 is 14.1 Å². The maximum absolute atomic E-state index is 12.2. The van der Waals surface area contributed by atoms with Gasteiger partial charge in [0.2, 0.25) is 5.82 Å². The molecule has 4 heterocycles. The second-order valence-electron chi connectivity index (χ2n) is 5.37. The van der Waals surface area contributed by atoms with E-state index in [9.17, 15) is 4.79 Å². The van der Waals surface area contributed by atoms with Crippen molar-refractivity contribution in [1.29, 1.82) is 0 Å². The summed E-state index contributed by atoms with van der Waals surface area (Å²) in [5, 5.41) is 10.9. The number of fused-ring (bicyclic) bond motifs is 1. The lowest BCUT2D eigenvalue weighted by atomic mass is 10.2. The van der Waals surface area contributed by atoms with Gasteiger partial charge in [-0.1, -0.05) is 11.2 Å². The Hall–Kier alpha value is -3.07. The standard InChI is InChI=1S/C16H13N5O3S/c1-9-11-6-10(7-17-15(11)21(2)19-9)16(22)23-8-13-18-14(20-24-13)12-4-3-5-25-12/h3-7H,8H2,1-2H3. The summed E-state index contributed by atoms with van der Waals surface area (Å²) in [6, 6.07) is 5.51. The summed E-state index contributed by atoms with van der Waals surface area (Å²) >= 11 is 1.51. The van der Waals surface area contributed by atoms with E-state index in [1.165, 1.54) is 17.5 Å². The van der Waals surface area contributed by atoms with E-state index in [4.69, 9.17) is 9.26 Å². The van der Waals surface area contributed by atoms with Crippen LogP contribution in [0, 0.1) is 6.92 Å². The van der Waals surface area contributed by atoms with Crippen LogP contribution in [0.25, 0.3) is 21.7 Å². The molecule has 0 saturated heterocycles. The van der Waals surface area contributed by atoms with Crippen molar-refractivity contribution in [2.24, 2.45) is 7.05 Å². The summed E-state index contributed by atoms with van der Waals surface area (Å²) in [5.74, 6) is 0.215. The number of pyridine rings is 1. The predicted molar refractivity (Wildman–Crippen MR) is 90.0 cm³/mol. The highest BCUT2D eigenvalue weighted by Gasteiger charge is 2.15. The molecule has 0 aromatic carbocycles. The SMILES string of the molecule is Cc1nn(C)c2ncc(C(=O)OCc3nc(-c4cccs4)no3)cc12. The van der Waals surface area contributed by atoms with Crippen molar-refractivity contribution in [1.82, 2.24) is 24.9 Å². The first-order valence-corrected chi connectivity index (χ1v) is 8.33. The number of thiophene rings is 1. The van der Waals surface area contributed by atoms with Gasteiger partial charge in [0.15, 0.2) is 12.3 Å². The Labute approximate surface area is 146 Å². The number of hydrogen-bond donors (Lipinski definition) is 0. The Morgan fingerprint density at radius 3 is 3.12 bits per heavy atom. The summed E-state index contributed by atoms with van der Waals surface area (Å²) in [6.07, 6.45) is 1.47. The monoisotopic (exact) mass is 355 g/mol. The minimum atomic E-state index is -0.506. The quantitative estimate of drug-likeness (QED) is 0.519. The largest absolute Gasteiger partial charge is 0.452 e. The zero-order valence-corrected chi connectivity index (χ0v) is 14.3. The maximum atomic E-state index is 12.2. The molecule has 0 spiro atoms. The molecular weight excluding hydrogens is 342 g/mol. The van der Waals surface area contributed by atoms with Gasteiger partial charge < -0.3 is 9.26 Å². The summed E-state index contributed by atoms with van der Waals surface area (Å²) in [5.41, 5.74) is 1.87. The topological polar surface area (TPSA) is 95.9 Å². The number of aromatic nitrogens is 5. The third-order valence-electron chi connectivity index (χ3n) is 3.64. The van der Waals surface area contributed by atoms with Crippen LogP contribution < -0.4 is 0 Å². The van der Waals surface area contributed by atoms with Crippen molar-refractivity contribution in [3.63, 3.8) is 0 Å². The summed E-state index contributed by atoms with van der Waals surface area (Å²) in [7, 11) is 1.81. The molecule has 0 N–H and O–H groups in total. The molecule has 0 saturated carbocycles. The van der Waals surface area contributed by atoms with E-state index in [-0.39, 0.29) is 12.5 Å². The van der Waals surface area contributed by atoms with Crippen LogP contribution in [0.15, 0.2) is 34.3 Å². The molecule has 0 bridgehead atoms. The number of hydrogen-bond acceptors (Lipinski definition) is 8. The zero-order valence-electron chi connectivity index (χ0n) is 13.5. The fourth-order valence-corrected chi connectivity index (χ4v) is 3.10. The van der Waals surface area contributed by atoms with Crippen molar-refractivity contribution in [2.75, 3.05) is 0 Å². The number of carbonyl (C=O) groups excluding carboxylic acids is 1. The Morgan fingerprint density at radius 1 is 1.44 bits per heavy atom.